The first kappa shape index (κ1) is 20.6. The Kier molecular flexibility index (Phi) is 9.93. The summed E-state index contributed by atoms with van der Waals surface area (Å²) in [6.45, 7) is 6.03. The molecule has 7 heteroatoms. The molecule has 0 aromatic carbocycles. The minimum atomic E-state index is 0. The van der Waals surface area contributed by atoms with E-state index in [-0.39, 0.29) is 77.6 Å². The molecule has 1 fully saturated rings. The zero-order valence-electron chi connectivity index (χ0n) is 12.3. The van der Waals surface area contributed by atoms with Crippen molar-refractivity contribution < 1.29 is 71.8 Å². The van der Waals surface area contributed by atoms with Crippen molar-refractivity contribution in [3.8, 4) is 0 Å². The summed E-state index contributed by atoms with van der Waals surface area (Å²) in [5, 5.41) is 7.99. The molecule has 1 aromatic rings. The standard InChI is InChI=1S/C13H19N5.K.Re/c1-3-10(14)11-12(15)16-8-17-13(11)18-6-4-5-9(2)7-18;;/h9,14H,3-7H2,1-2H3,(H-,15,16,17);;/q-2;+1;. The Hall–Kier alpha value is 0.649. The zero-order valence-corrected chi connectivity index (χ0v) is 18.2. The van der Waals surface area contributed by atoms with Crippen molar-refractivity contribution in [3.05, 3.63) is 17.6 Å². The number of hydrogen-bond acceptors (Lipinski definition) is 4. The Bertz CT molecular complexity index is 454. The molecule has 1 aromatic heterocycles. The first-order valence-electron chi connectivity index (χ1n) is 6.45. The minimum Gasteiger partial charge on any atom is -0.555 e. The summed E-state index contributed by atoms with van der Waals surface area (Å²) < 4.78 is 0. The van der Waals surface area contributed by atoms with Crippen molar-refractivity contribution in [2.24, 2.45) is 5.92 Å². The van der Waals surface area contributed by atoms with E-state index in [1.807, 2.05) is 6.92 Å². The van der Waals surface area contributed by atoms with Gasteiger partial charge in [0.1, 0.15) is 0 Å². The van der Waals surface area contributed by atoms with E-state index in [0.717, 1.165) is 19.5 Å². The van der Waals surface area contributed by atoms with E-state index >= 15 is 0 Å². The summed E-state index contributed by atoms with van der Waals surface area (Å²) in [5.41, 5.74) is 8.87. The Balaban J connectivity index is 0.00000180. The van der Waals surface area contributed by atoms with E-state index in [9.17, 15) is 0 Å². The molecule has 0 saturated carbocycles. The van der Waals surface area contributed by atoms with Crippen molar-refractivity contribution in [1.82, 2.24) is 9.97 Å². The molecule has 20 heavy (non-hydrogen) atoms. The third kappa shape index (κ3) is 4.84. The Morgan fingerprint density at radius 3 is 2.80 bits per heavy atom. The van der Waals surface area contributed by atoms with Crippen molar-refractivity contribution in [2.45, 2.75) is 33.1 Å². The van der Waals surface area contributed by atoms with Gasteiger partial charge in [0.2, 0.25) is 0 Å². The fourth-order valence-corrected chi connectivity index (χ4v) is 2.41. The van der Waals surface area contributed by atoms with E-state index in [0.29, 0.717) is 29.4 Å². The number of piperidine rings is 1. The smallest absolute Gasteiger partial charge is 0.555 e. The molecule has 1 aliphatic heterocycles. The number of rotatable bonds is 3. The van der Waals surface area contributed by atoms with Gasteiger partial charge in [-0.2, -0.15) is 5.82 Å². The number of nitrogens with one attached hydrogen (secondary N) is 2. The molecule has 2 rings (SSSR count). The molecule has 0 bridgehead atoms. The minimum absolute atomic E-state index is 0. The van der Waals surface area contributed by atoms with Crippen molar-refractivity contribution in [3.63, 3.8) is 0 Å². The van der Waals surface area contributed by atoms with Gasteiger partial charge in [-0.3, -0.25) is 0 Å². The second-order valence-electron chi connectivity index (χ2n) is 4.90. The number of aromatic nitrogens is 2. The van der Waals surface area contributed by atoms with Crippen LogP contribution in [0.4, 0.5) is 11.6 Å². The van der Waals surface area contributed by atoms with Gasteiger partial charge in [-0.1, -0.05) is 19.4 Å². The van der Waals surface area contributed by atoms with Gasteiger partial charge in [0.25, 0.3) is 0 Å². The van der Waals surface area contributed by atoms with Gasteiger partial charge in [-0.05, 0) is 25.2 Å². The van der Waals surface area contributed by atoms with Crippen LogP contribution in [-0.4, -0.2) is 28.8 Å². The fourth-order valence-electron chi connectivity index (χ4n) is 2.41. The Morgan fingerprint density at radius 2 is 2.20 bits per heavy atom. The monoisotopic (exact) mass is 471 g/mol. The molecular formula is C13H19KN5Re-. The molecule has 105 valence electrons. The SMILES string of the molecule is CCC(=N)c1c([NH-])n[c-]nc1N1CCCC(C)C1.[K+].[Re]. The van der Waals surface area contributed by atoms with E-state index in [1.54, 1.807) is 0 Å². The molecule has 0 spiro atoms. The first-order chi connectivity index (χ1) is 8.63. The van der Waals surface area contributed by atoms with Gasteiger partial charge in [0.05, 0.1) is 0 Å². The van der Waals surface area contributed by atoms with Gasteiger partial charge < -0.3 is 26.0 Å². The molecule has 1 aliphatic rings. The Morgan fingerprint density at radius 1 is 1.50 bits per heavy atom. The van der Waals surface area contributed by atoms with Gasteiger partial charge in [0.15, 0.2) is 0 Å². The number of hydrogen-bond donors (Lipinski definition) is 1. The van der Waals surface area contributed by atoms with Crippen LogP contribution in [0.5, 0.6) is 0 Å². The summed E-state index contributed by atoms with van der Waals surface area (Å²) in [4.78, 5) is 10.2. The maximum atomic E-state index is 7.99. The topological polar surface area (TPSA) is 76.7 Å². The normalized spacial score (nSPS) is 17.9. The van der Waals surface area contributed by atoms with Crippen LogP contribution in [0.3, 0.4) is 0 Å². The molecule has 2 heterocycles. The maximum absolute atomic E-state index is 7.99. The first-order valence-corrected chi connectivity index (χ1v) is 6.45. The summed E-state index contributed by atoms with van der Waals surface area (Å²) >= 11 is 0. The maximum Gasteiger partial charge on any atom is 1.00 e. The molecule has 1 unspecified atom stereocenters. The largest absolute Gasteiger partial charge is 1.00 e. The zero-order chi connectivity index (χ0) is 13.1. The third-order valence-corrected chi connectivity index (χ3v) is 3.39. The van der Waals surface area contributed by atoms with Crippen LogP contribution in [-0.2, 0) is 20.4 Å². The van der Waals surface area contributed by atoms with Crippen LogP contribution < -0.4 is 56.3 Å². The predicted octanol–water partition coefficient (Wildman–Crippen LogP) is -0.0238. The molecule has 0 aliphatic carbocycles. The van der Waals surface area contributed by atoms with Crippen molar-refractivity contribution >= 4 is 17.3 Å². The summed E-state index contributed by atoms with van der Waals surface area (Å²) in [5.74, 6) is 1.46. The molecule has 2 N–H and O–H groups in total. The molecule has 1 atom stereocenters. The quantitative estimate of drug-likeness (QED) is 0.383. The van der Waals surface area contributed by atoms with Crippen LogP contribution in [0.15, 0.2) is 0 Å². The second-order valence-corrected chi connectivity index (χ2v) is 4.90. The van der Waals surface area contributed by atoms with Crippen molar-refractivity contribution in [1.29, 1.82) is 5.41 Å². The third-order valence-electron chi connectivity index (χ3n) is 3.39. The average molecular weight is 471 g/mol. The molecule has 1 saturated heterocycles. The van der Waals surface area contributed by atoms with E-state index in [2.05, 4.69) is 28.1 Å². The van der Waals surface area contributed by atoms with Gasteiger partial charge in [-0.15, -0.1) is 6.33 Å². The van der Waals surface area contributed by atoms with E-state index in [4.69, 9.17) is 11.1 Å². The van der Waals surface area contributed by atoms with Crippen LogP contribution >= 0.6 is 0 Å². The summed E-state index contributed by atoms with van der Waals surface area (Å²) in [7, 11) is 0. The van der Waals surface area contributed by atoms with Crippen LogP contribution in [0.25, 0.3) is 5.73 Å². The second kappa shape index (κ2) is 9.62. The molecule has 1 radical (unpaired) electrons. The van der Waals surface area contributed by atoms with Crippen LogP contribution in [0.2, 0.25) is 0 Å². The van der Waals surface area contributed by atoms with Gasteiger partial charge in [0, 0.05) is 45.0 Å². The van der Waals surface area contributed by atoms with Gasteiger partial charge >= 0.3 is 51.4 Å². The van der Waals surface area contributed by atoms with Crippen LogP contribution in [0, 0.1) is 17.7 Å². The molecular weight excluding hydrogens is 451 g/mol. The molecule has 5 nitrogen and oxygen atoms in total. The van der Waals surface area contributed by atoms with E-state index < -0.39 is 0 Å². The van der Waals surface area contributed by atoms with E-state index in [1.165, 1.54) is 6.42 Å². The van der Waals surface area contributed by atoms with Crippen molar-refractivity contribution in [2.75, 3.05) is 18.0 Å². The molecule has 0 amide bonds. The summed E-state index contributed by atoms with van der Waals surface area (Å²) in [6.07, 6.45) is 5.50. The number of anilines is 1. The van der Waals surface area contributed by atoms with Crippen LogP contribution in [0.1, 0.15) is 38.7 Å². The fraction of sp³-hybridized carbons (Fsp3) is 0.615. The number of nitrogens with zero attached hydrogens (tertiary/aromatic N) is 3. The predicted molar refractivity (Wildman–Crippen MR) is 72.6 cm³/mol. The Labute approximate surface area is 177 Å². The van der Waals surface area contributed by atoms with Gasteiger partial charge in [-0.25, -0.2) is 0 Å². The average Bonchev–Trinajstić information content (AvgIpc) is 2.37. The summed E-state index contributed by atoms with van der Waals surface area (Å²) in [6, 6.07) is 0.